The molecule has 1 amide bonds. The second-order valence-corrected chi connectivity index (χ2v) is 7.07. The van der Waals surface area contributed by atoms with E-state index >= 15 is 0 Å². The number of carbonyl (C=O) groups is 2. The lowest BCUT2D eigenvalue weighted by molar-refractivity contribution is -0.123. The lowest BCUT2D eigenvalue weighted by Gasteiger charge is -2.15. The van der Waals surface area contributed by atoms with Gasteiger partial charge < -0.3 is 10.4 Å². The number of aromatic carboxylic acids is 1. The molecule has 1 aliphatic rings. The van der Waals surface area contributed by atoms with E-state index in [2.05, 4.69) is 26.2 Å². The molecule has 3 rings (SSSR count). The largest absolute Gasteiger partial charge is 0.476 e. The van der Waals surface area contributed by atoms with Crippen LogP contribution in [0, 0.1) is 0 Å². The molecule has 22 heavy (non-hydrogen) atoms. The quantitative estimate of drug-likeness (QED) is 0.835. The van der Waals surface area contributed by atoms with Crippen LogP contribution in [0.15, 0.2) is 34.1 Å². The monoisotopic (exact) mass is 380 g/mol. The Kier molecular flexibility index (Phi) is 4.01. The SMILES string of the molecule is O=C(O)c1csc(CNC(=O)C2(c3cccc(Br)c3)CC2)n1. The fraction of sp³-hybridized carbons (Fsp3) is 0.267. The maximum Gasteiger partial charge on any atom is 0.355 e. The number of aromatic nitrogens is 1. The lowest BCUT2D eigenvalue weighted by atomic mass is 9.95. The van der Waals surface area contributed by atoms with Crippen LogP contribution in [0.4, 0.5) is 0 Å². The topological polar surface area (TPSA) is 79.3 Å². The number of hydrogen-bond acceptors (Lipinski definition) is 4. The molecule has 0 atom stereocenters. The highest BCUT2D eigenvalue weighted by Crippen LogP contribution is 2.48. The van der Waals surface area contributed by atoms with E-state index in [0.717, 1.165) is 22.9 Å². The smallest absolute Gasteiger partial charge is 0.355 e. The molecule has 0 bridgehead atoms. The number of nitrogens with one attached hydrogen (secondary N) is 1. The standard InChI is InChI=1S/C15H13BrN2O3S/c16-10-3-1-2-9(6-10)15(4-5-15)14(21)17-7-12-18-11(8-22-12)13(19)20/h1-3,6,8H,4-5,7H2,(H,17,21)(H,19,20). The second-order valence-electron chi connectivity index (χ2n) is 5.21. The van der Waals surface area contributed by atoms with Gasteiger partial charge in [0.05, 0.1) is 12.0 Å². The van der Waals surface area contributed by atoms with Crippen molar-refractivity contribution in [2.24, 2.45) is 0 Å². The Hall–Kier alpha value is -1.73. The molecule has 7 heteroatoms. The predicted molar refractivity (Wildman–Crippen MR) is 86.0 cm³/mol. The van der Waals surface area contributed by atoms with Crippen LogP contribution in [0.1, 0.15) is 33.9 Å². The van der Waals surface area contributed by atoms with Crippen molar-refractivity contribution in [1.82, 2.24) is 10.3 Å². The first kappa shape index (κ1) is 15.2. The van der Waals surface area contributed by atoms with Gasteiger partial charge >= 0.3 is 5.97 Å². The number of hydrogen-bond donors (Lipinski definition) is 2. The van der Waals surface area contributed by atoms with Crippen LogP contribution >= 0.6 is 27.3 Å². The molecule has 2 aromatic rings. The average Bonchev–Trinajstić information content (AvgIpc) is 3.16. The van der Waals surface area contributed by atoms with E-state index in [4.69, 9.17) is 5.11 Å². The van der Waals surface area contributed by atoms with Gasteiger partial charge in [-0.3, -0.25) is 4.79 Å². The first-order valence-corrected chi connectivity index (χ1v) is 8.40. The van der Waals surface area contributed by atoms with Crippen LogP contribution in [0.5, 0.6) is 0 Å². The molecule has 0 saturated heterocycles. The molecule has 1 aromatic heterocycles. The van der Waals surface area contributed by atoms with Crippen molar-refractivity contribution in [2.45, 2.75) is 24.8 Å². The van der Waals surface area contributed by atoms with Crippen molar-refractivity contribution < 1.29 is 14.7 Å². The molecule has 114 valence electrons. The van der Waals surface area contributed by atoms with Crippen LogP contribution in [-0.4, -0.2) is 22.0 Å². The molecule has 1 saturated carbocycles. The number of halogens is 1. The van der Waals surface area contributed by atoms with E-state index in [1.165, 1.54) is 16.7 Å². The summed E-state index contributed by atoms with van der Waals surface area (Å²) in [5, 5.41) is 13.8. The first-order chi connectivity index (χ1) is 10.5. The zero-order valence-electron chi connectivity index (χ0n) is 11.5. The zero-order valence-corrected chi connectivity index (χ0v) is 13.9. The maximum atomic E-state index is 12.5. The highest BCUT2D eigenvalue weighted by Gasteiger charge is 2.51. The van der Waals surface area contributed by atoms with Gasteiger partial charge in [-0.2, -0.15) is 0 Å². The van der Waals surface area contributed by atoms with Gasteiger partial charge in [0.2, 0.25) is 5.91 Å². The molecular weight excluding hydrogens is 368 g/mol. The van der Waals surface area contributed by atoms with Crippen LogP contribution in [0.2, 0.25) is 0 Å². The maximum absolute atomic E-state index is 12.5. The summed E-state index contributed by atoms with van der Waals surface area (Å²) < 4.78 is 0.954. The van der Waals surface area contributed by atoms with Gasteiger partial charge in [0.1, 0.15) is 5.01 Å². The van der Waals surface area contributed by atoms with Crippen LogP contribution in [-0.2, 0) is 16.8 Å². The molecule has 1 fully saturated rings. The minimum atomic E-state index is -1.05. The van der Waals surface area contributed by atoms with Gasteiger partial charge in [0.25, 0.3) is 0 Å². The molecule has 0 radical (unpaired) electrons. The van der Waals surface area contributed by atoms with E-state index in [9.17, 15) is 9.59 Å². The second kappa shape index (κ2) is 5.81. The Morgan fingerprint density at radius 1 is 1.41 bits per heavy atom. The Labute approximate surface area is 139 Å². The van der Waals surface area contributed by atoms with Gasteiger partial charge in [-0.25, -0.2) is 9.78 Å². The summed E-state index contributed by atoms with van der Waals surface area (Å²) in [5.74, 6) is -1.08. The number of rotatable bonds is 5. The molecule has 5 nitrogen and oxygen atoms in total. The van der Waals surface area contributed by atoms with Crippen LogP contribution in [0.25, 0.3) is 0 Å². The minimum absolute atomic E-state index is 0.0161. The van der Waals surface area contributed by atoms with E-state index in [-0.39, 0.29) is 18.1 Å². The van der Waals surface area contributed by atoms with Crippen molar-refractivity contribution in [3.63, 3.8) is 0 Å². The minimum Gasteiger partial charge on any atom is -0.476 e. The Balaban J connectivity index is 1.68. The number of amides is 1. The molecule has 2 N–H and O–H groups in total. The van der Waals surface area contributed by atoms with Crippen molar-refractivity contribution in [1.29, 1.82) is 0 Å². The fourth-order valence-electron chi connectivity index (χ4n) is 2.37. The third-order valence-electron chi connectivity index (χ3n) is 3.73. The number of thiazole rings is 1. The van der Waals surface area contributed by atoms with Crippen molar-refractivity contribution in [2.75, 3.05) is 0 Å². The van der Waals surface area contributed by atoms with E-state index < -0.39 is 11.4 Å². The molecule has 1 aromatic carbocycles. The third-order valence-corrected chi connectivity index (χ3v) is 5.07. The molecule has 0 spiro atoms. The van der Waals surface area contributed by atoms with E-state index in [1.54, 1.807) is 0 Å². The highest BCUT2D eigenvalue weighted by molar-refractivity contribution is 9.10. The van der Waals surface area contributed by atoms with Crippen molar-refractivity contribution in [3.05, 3.63) is 50.4 Å². The Morgan fingerprint density at radius 2 is 2.18 bits per heavy atom. The number of benzene rings is 1. The summed E-state index contributed by atoms with van der Waals surface area (Å²) in [4.78, 5) is 27.2. The number of carboxylic acid groups (broad SMARTS) is 1. The van der Waals surface area contributed by atoms with Crippen molar-refractivity contribution in [3.8, 4) is 0 Å². The molecule has 0 aliphatic heterocycles. The predicted octanol–water partition coefficient (Wildman–Crippen LogP) is 2.95. The summed E-state index contributed by atoms with van der Waals surface area (Å²) in [5.41, 5.74) is 0.573. The highest BCUT2D eigenvalue weighted by atomic mass is 79.9. The Morgan fingerprint density at radius 3 is 2.77 bits per heavy atom. The fourth-order valence-corrected chi connectivity index (χ4v) is 3.48. The summed E-state index contributed by atoms with van der Waals surface area (Å²) in [6, 6.07) is 7.79. The van der Waals surface area contributed by atoms with E-state index in [0.29, 0.717) is 5.01 Å². The van der Waals surface area contributed by atoms with Gasteiger partial charge in [-0.15, -0.1) is 11.3 Å². The number of carbonyl (C=O) groups excluding carboxylic acids is 1. The summed E-state index contributed by atoms with van der Waals surface area (Å²) in [6.45, 7) is 0.256. The van der Waals surface area contributed by atoms with Crippen molar-refractivity contribution >= 4 is 39.1 Å². The van der Waals surface area contributed by atoms with Gasteiger partial charge in [0.15, 0.2) is 5.69 Å². The summed E-state index contributed by atoms with van der Waals surface area (Å²) in [7, 11) is 0. The molecular formula is C15H13BrN2O3S. The molecule has 1 aliphatic carbocycles. The van der Waals surface area contributed by atoms with Gasteiger partial charge in [-0.1, -0.05) is 28.1 Å². The molecule has 1 heterocycles. The van der Waals surface area contributed by atoms with E-state index in [1.807, 2.05) is 24.3 Å². The third kappa shape index (κ3) is 2.91. The molecule has 0 unspecified atom stereocenters. The average molecular weight is 381 g/mol. The summed E-state index contributed by atoms with van der Waals surface area (Å²) >= 11 is 4.66. The van der Waals surface area contributed by atoms with Gasteiger partial charge in [0, 0.05) is 9.85 Å². The normalized spacial score (nSPS) is 15.3. The Bertz CT molecular complexity index is 740. The summed E-state index contributed by atoms with van der Waals surface area (Å²) in [6.07, 6.45) is 1.65. The number of nitrogens with zero attached hydrogens (tertiary/aromatic N) is 1. The van der Waals surface area contributed by atoms with Crippen LogP contribution < -0.4 is 5.32 Å². The zero-order chi connectivity index (χ0) is 15.7. The van der Waals surface area contributed by atoms with Crippen LogP contribution in [0.3, 0.4) is 0 Å². The lowest BCUT2D eigenvalue weighted by Crippen LogP contribution is -2.34. The first-order valence-electron chi connectivity index (χ1n) is 6.73. The number of carboxylic acids is 1. The van der Waals surface area contributed by atoms with Gasteiger partial charge in [-0.05, 0) is 30.5 Å².